The van der Waals surface area contributed by atoms with Crippen molar-refractivity contribution in [3.8, 4) is 23.6 Å². The van der Waals surface area contributed by atoms with E-state index in [0.717, 1.165) is 40.9 Å². The van der Waals surface area contributed by atoms with Crippen LogP contribution >= 0.6 is 7.14 Å². The highest BCUT2D eigenvalue weighted by atomic mass is 31.2. The number of ether oxygens (including phenoxy) is 1. The van der Waals surface area contributed by atoms with E-state index in [0.29, 0.717) is 44.4 Å². The van der Waals surface area contributed by atoms with Crippen molar-refractivity contribution in [2.24, 2.45) is 0 Å². The molecule has 9 rings (SSSR count). The van der Waals surface area contributed by atoms with Gasteiger partial charge in [0.1, 0.15) is 0 Å². The molecule has 2 bridgehead atoms. The summed E-state index contributed by atoms with van der Waals surface area (Å²) in [5.41, 5.74) is 6.33. The van der Waals surface area contributed by atoms with Gasteiger partial charge >= 0.3 is 0 Å². The summed E-state index contributed by atoms with van der Waals surface area (Å²) in [6.07, 6.45) is 1.60. The van der Waals surface area contributed by atoms with E-state index >= 15 is 4.57 Å². The van der Waals surface area contributed by atoms with Crippen LogP contribution in [0.3, 0.4) is 0 Å². The number of nitriles is 2. The maximum Gasteiger partial charge on any atom is 0.218 e. The Morgan fingerprint density at radius 1 is 0.745 bits per heavy atom. The van der Waals surface area contributed by atoms with E-state index in [1.54, 1.807) is 12.1 Å². The topological polar surface area (TPSA) is 84.7 Å². The van der Waals surface area contributed by atoms with Gasteiger partial charge in [-0.25, -0.2) is 4.85 Å². The van der Waals surface area contributed by atoms with Crippen LogP contribution < -0.4 is 30.5 Å². The lowest BCUT2D eigenvalue weighted by molar-refractivity contribution is 0.472. The molecule has 2 atom stereocenters. The Balaban J connectivity index is 1.44. The van der Waals surface area contributed by atoms with Gasteiger partial charge < -0.3 is 19.1 Å². The summed E-state index contributed by atoms with van der Waals surface area (Å²) in [5.74, 6) is 1.06. The van der Waals surface area contributed by atoms with Crippen molar-refractivity contribution in [1.29, 1.82) is 10.5 Å². The molecular weight excluding hydrogens is 698 g/mol. The Hall–Kier alpha value is -6.58. The van der Waals surface area contributed by atoms with E-state index in [2.05, 4.69) is 65.8 Å². The van der Waals surface area contributed by atoms with Gasteiger partial charge in [0, 0.05) is 33.2 Å². The third kappa shape index (κ3) is 5.11. The van der Waals surface area contributed by atoms with Crippen LogP contribution in [-0.2, 0) is 9.98 Å². The van der Waals surface area contributed by atoms with Crippen LogP contribution in [0.25, 0.3) is 4.85 Å². The summed E-state index contributed by atoms with van der Waals surface area (Å²) >= 11 is 0. The maximum absolute atomic E-state index is 16.5. The smallest absolute Gasteiger partial charge is 0.218 e. The minimum atomic E-state index is -3.76. The summed E-state index contributed by atoms with van der Waals surface area (Å²) in [6.45, 7) is 15.3. The van der Waals surface area contributed by atoms with Crippen molar-refractivity contribution in [3.05, 3.63) is 167 Å². The summed E-state index contributed by atoms with van der Waals surface area (Å²) in [7, 11) is -3.76. The van der Waals surface area contributed by atoms with Crippen molar-refractivity contribution < 1.29 is 9.30 Å². The molecule has 6 aromatic rings. The van der Waals surface area contributed by atoms with Gasteiger partial charge in [0.2, 0.25) is 5.69 Å². The normalized spacial score (nSPS) is 16.6. The van der Waals surface area contributed by atoms with Crippen molar-refractivity contribution in [2.75, 3.05) is 9.80 Å². The minimum absolute atomic E-state index is 0.0994. The highest BCUT2D eigenvalue weighted by Gasteiger charge is 2.52. The molecule has 0 spiro atoms. The average Bonchev–Trinajstić information content (AvgIpc) is 3.79. The number of hydrogen-bond donors (Lipinski definition) is 0. The molecule has 2 unspecified atom stereocenters. The van der Waals surface area contributed by atoms with Crippen molar-refractivity contribution >= 4 is 51.5 Å². The third-order valence-electron chi connectivity index (χ3n) is 11.2. The number of nitrogens with zero attached hydrogens (tertiary/aromatic N) is 5. The Bertz CT molecular complexity index is 2660. The molecule has 266 valence electrons. The van der Waals surface area contributed by atoms with E-state index in [1.165, 1.54) is 0 Å². The van der Waals surface area contributed by atoms with Gasteiger partial charge in [0.05, 0.1) is 59.0 Å². The quantitative estimate of drug-likeness (QED) is 0.129. The second kappa shape index (κ2) is 12.8. The number of para-hydroxylation sites is 1. The zero-order valence-electron chi connectivity index (χ0n) is 30.7. The molecule has 3 aliphatic rings. The third-order valence-corrected chi connectivity index (χ3v) is 14.4. The first-order valence-electron chi connectivity index (χ1n) is 18.4. The molecule has 55 heavy (non-hydrogen) atoms. The fourth-order valence-corrected chi connectivity index (χ4v) is 11.9. The molecular formula is C47H36N5O2P. The van der Waals surface area contributed by atoms with Crippen LogP contribution in [0.1, 0.15) is 73.5 Å². The molecule has 1 saturated heterocycles. The molecule has 3 heterocycles. The second-order valence-corrected chi connectivity index (χ2v) is 18.0. The molecule has 0 amide bonds. The lowest BCUT2D eigenvalue weighted by Gasteiger charge is -2.38. The van der Waals surface area contributed by atoms with E-state index in [1.807, 2.05) is 97.1 Å². The second-order valence-electron chi connectivity index (χ2n) is 15.3. The first-order chi connectivity index (χ1) is 26.7. The summed E-state index contributed by atoms with van der Waals surface area (Å²) < 4.78 is 23.1. The maximum atomic E-state index is 16.5. The molecule has 8 heteroatoms. The van der Waals surface area contributed by atoms with Crippen LogP contribution in [-0.4, -0.2) is 0 Å². The van der Waals surface area contributed by atoms with Gasteiger partial charge in [-0.3, -0.25) is 0 Å². The van der Waals surface area contributed by atoms with Crippen molar-refractivity contribution in [3.63, 3.8) is 0 Å². The number of benzene rings is 6. The van der Waals surface area contributed by atoms with E-state index in [4.69, 9.17) is 11.3 Å². The van der Waals surface area contributed by atoms with Gasteiger partial charge in [-0.2, -0.15) is 10.5 Å². The lowest BCUT2D eigenvalue weighted by atomic mass is 9.85. The molecule has 0 aliphatic carbocycles. The highest BCUT2D eigenvalue weighted by molar-refractivity contribution is 7.85. The summed E-state index contributed by atoms with van der Waals surface area (Å²) in [5, 5.41) is 23.0. The number of hydrogen-bond acceptors (Lipinski definition) is 6. The van der Waals surface area contributed by atoms with Crippen LogP contribution in [0, 0.1) is 29.2 Å². The molecule has 0 aromatic heterocycles. The monoisotopic (exact) mass is 733 g/mol. The van der Waals surface area contributed by atoms with Gasteiger partial charge in [-0.05, 0) is 65.8 Å². The van der Waals surface area contributed by atoms with Gasteiger partial charge in [0.15, 0.2) is 18.6 Å². The molecule has 7 nitrogen and oxygen atoms in total. The van der Waals surface area contributed by atoms with Crippen molar-refractivity contribution in [2.45, 2.75) is 51.1 Å². The Labute approximate surface area is 321 Å². The number of anilines is 4. The lowest BCUT2D eigenvalue weighted by Crippen LogP contribution is -2.31. The highest BCUT2D eigenvalue weighted by Crippen LogP contribution is 2.65. The van der Waals surface area contributed by atoms with E-state index in [-0.39, 0.29) is 28.7 Å². The zero-order valence-corrected chi connectivity index (χ0v) is 31.6. The fraction of sp³-hybridized carbons (Fsp3) is 0.170. The van der Waals surface area contributed by atoms with Gasteiger partial charge in [0.25, 0.3) is 0 Å². The van der Waals surface area contributed by atoms with Crippen molar-refractivity contribution in [1.82, 2.24) is 0 Å². The molecule has 1 fully saturated rings. The Morgan fingerprint density at radius 3 is 1.87 bits per heavy atom. The van der Waals surface area contributed by atoms with Gasteiger partial charge in [-0.15, -0.1) is 0 Å². The van der Waals surface area contributed by atoms with Crippen LogP contribution in [0.4, 0.5) is 28.4 Å². The number of fused-ring (bicyclic) bond motifs is 7. The molecule has 0 radical (unpaired) electrons. The molecule has 0 N–H and O–H groups in total. The van der Waals surface area contributed by atoms with E-state index < -0.39 is 7.14 Å². The molecule has 3 aliphatic heterocycles. The first-order valence-corrected chi connectivity index (χ1v) is 20.1. The predicted molar refractivity (Wildman–Crippen MR) is 219 cm³/mol. The van der Waals surface area contributed by atoms with Crippen LogP contribution in [0.15, 0.2) is 127 Å². The van der Waals surface area contributed by atoms with Crippen LogP contribution in [0.5, 0.6) is 11.5 Å². The first kappa shape index (κ1) is 34.2. The summed E-state index contributed by atoms with van der Waals surface area (Å²) in [4.78, 5) is 8.65. The molecule has 0 saturated carbocycles. The Kier molecular flexibility index (Phi) is 7.95. The summed E-state index contributed by atoms with van der Waals surface area (Å²) in [6, 6.07) is 44.9. The largest absolute Gasteiger partial charge is 0.453 e. The Morgan fingerprint density at radius 2 is 1.31 bits per heavy atom. The van der Waals surface area contributed by atoms with Gasteiger partial charge in [-0.1, -0.05) is 106 Å². The predicted octanol–water partition coefficient (Wildman–Crippen LogP) is 10.9. The van der Waals surface area contributed by atoms with E-state index in [9.17, 15) is 10.5 Å². The fourth-order valence-electron chi connectivity index (χ4n) is 8.80. The molecule has 6 aromatic carbocycles. The average molecular weight is 734 g/mol. The SMILES string of the molecule is [C-]#[N+]c1c(C#N)c(N2c3ccc(C#N)cc3Oc3cc(C(C)(C)C)ccc32)c2c(c1P(=O)(c1ccccc1)c1ccccc1)C1CCC2N1c1ccccc1. The zero-order chi connectivity index (χ0) is 38.1. The van der Waals surface area contributed by atoms with Crippen LogP contribution in [0.2, 0.25) is 0 Å². The minimum Gasteiger partial charge on any atom is -0.453 e. The number of rotatable bonds is 5. The standard InChI is InChI=1S/C47H36N5O2P/c1-47(2,3)31-21-23-37-41(27-31)54-40-26-30(28-48)20-22-36(40)52(37)45-35(29-49)44(50-4)46(55(53,33-16-10-6-11-17-33)34-18-12-7-13-19-34)43-39-25-24-38(42(43)45)51(39)32-14-8-5-9-15-32/h5-23,26-27,38-39H,24-25H2,1-3H3.